The van der Waals surface area contributed by atoms with Crippen LogP contribution in [0, 0.1) is 11.8 Å². The van der Waals surface area contributed by atoms with Crippen LogP contribution in [0.4, 0.5) is 0 Å². The molecule has 0 aromatic rings. The summed E-state index contributed by atoms with van der Waals surface area (Å²) >= 11 is 0. The maximum Gasteiger partial charge on any atom is 0.223 e. The van der Waals surface area contributed by atoms with Crippen LogP contribution in [0.3, 0.4) is 0 Å². The zero-order chi connectivity index (χ0) is 9.97. The predicted octanol–water partition coefficient (Wildman–Crippen LogP) is 0.984. The molecule has 0 aromatic heterocycles. The van der Waals surface area contributed by atoms with E-state index in [2.05, 4.69) is 4.90 Å². The lowest BCUT2D eigenvalue weighted by Gasteiger charge is -2.22. The minimum atomic E-state index is 0.270. The van der Waals surface area contributed by atoms with Gasteiger partial charge in [0, 0.05) is 26.1 Å². The number of rotatable bonds is 6. The van der Waals surface area contributed by atoms with E-state index in [4.69, 9.17) is 5.73 Å². The highest BCUT2D eigenvalue weighted by Gasteiger charge is 2.30. The molecule has 2 aliphatic rings. The second-order valence-electron chi connectivity index (χ2n) is 4.72. The van der Waals surface area contributed by atoms with Crippen LogP contribution in [-0.4, -0.2) is 30.4 Å². The number of carbonyl (C=O) groups is 1. The van der Waals surface area contributed by atoms with Crippen molar-refractivity contribution in [3.63, 3.8) is 0 Å². The Labute approximate surface area is 85.6 Å². The third-order valence-corrected chi connectivity index (χ3v) is 3.06. The average molecular weight is 196 g/mol. The molecule has 0 radical (unpaired) electrons. The summed E-state index contributed by atoms with van der Waals surface area (Å²) in [5, 5.41) is 0. The minimum absolute atomic E-state index is 0.270. The Balaban J connectivity index is 1.78. The number of nitrogens with two attached hydrogens (primary N) is 1. The molecule has 2 N–H and O–H groups in total. The molecule has 1 amide bonds. The first-order valence-corrected chi connectivity index (χ1v) is 5.77. The standard InChI is InChI=1S/C11H20N2O/c12-6-5-11(14)13(7-9-1-2-9)8-10-3-4-10/h9-10H,1-8,12H2. The van der Waals surface area contributed by atoms with Gasteiger partial charge in [-0.15, -0.1) is 0 Å². The van der Waals surface area contributed by atoms with Crippen molar-refractivity contribution in [1.29, 1.82) is 0 Å². The van der Waals surface area contributed by atoms with Crippen LogP contribution < -0.4 is 5.73 Å². The number of nitrogens with zero attached hydrogens (tertiary/aromatic N) is 1. The van der Waals surface area contributed by atoms with Gasteiger partial charge in [0.2, 0.25) is 5.91 Å². The van der Waals surface area contributed by atoms with Gasteiger partial charge in [-0.1, -0.05) is 0 Å². The van der Waals surface area contributed by atoms with E-state index in [-0.39, 0.29) is 5.91 Å². The molecule has 0 bridgehead atoms. The van der Waals surface area contributed by atoms with Crippen molar-refractivity contribution in [1.82, 2.24) is 4.90 Å². The molecule has 3 heteroatoms. The van der Waals surface area contributed by atoms with Gasteiger partial charge in [-0.3, -0.25) is 4.79 Å². The summed E-state index contributed by atoms with van der Waals surface area (Å²) in [6.07, 6.45) is 5.79. The second kappa shape index (κ2) is 4.30. The molecule has 2 saturated carbocycles. The molecule has 0 aliphatic heterocycles. The molecule has 80 valence electrons. The molecular formula is C11H20N2O. The lowest BCUT2D eigenvalue weighted by Crippen LogP contribution is -2.35. The van der Waals surface area contributed by atoms with E-state index in [9.17, 15) is 4.79 Å². The van der Waals surface area contributed by atoms with Gasteiger partial charge in [0.15, 0.2) is 0 Å². The zero-order valence-corrected chi connectivity index (χ0v) is 8.74. The highest BCUT2D eigenvalue weighted by molar-refractivity contribution is 5.76. The quantitative estimate of drug-likeness (QED) is 0.688. The summed E-state index contributed by atoms with van der Waals surface area (Å²) in [5.74, 6) is 1.87. The topological polar surface area (TPSA) is 46.3 Å². The molecule has 0 spiro atoms. The Morgan fingerprint density at radius 1 is 1.14 bits per heavy atom. The van der Waals surface area contributed by atoms with Gasteiger partial charge in [-0.05, 0) is 37.5 Å². The molecule has 0 saturated heterocycles. The molecule has 0 unspecified atom stereocenters. The summed E-state index contributed by atoms with van der Waals surface area (Å²) in [5.41, 5.74) is 5.41. The molecule has 0 heterocycles. The van der Waals surface area contributed by atoms with Crippen LogP contribution >= 0.6 is 0 Å². The van der Waals surface area contributed by atoms with E-state index in [1.54, 1.807) is 0 Å². The van der Waals surface area contributed by atoms with E-state index in [0.717, 1.165) is 24.9 Å². The first kappa shape index (κ1) is 9.97. The maximum absolute atomic E-state index is 11.7. The molecule has 0 atom stereocenters. The van der Waals surface area contributed by atoms with Crippen LogP contribution in [0.2, 0.25) is 0 Å². The van der Waals surface area contributed by atoms with Crippen LogP contribution in [0.5, 0.6) is 0 Å². The molecule has 14 heavy (non-hydrogen) atoms. The number of amides is 1. The minimum Gasteiger partial charge on any atom is -0.342 e. The molecule has 0 aromatic carbocycles. The highest BCUT2D eigenvalue weighted by atomic mass is 16.2. The Kier molecular flexibility index (Phi) is 3.06. The summed E-state index contributed by atoms with van der Waals surface area (Å²) in [6, 6.07) is 0. The van der Waals surface area contributed by atoms with E-state index in [1.807, 2.05) is 0 Å². The van der Waals surface area contributed by atoms with Gasteiger partial charge < -0.3 is 10.6 Å². The van der Waals surface area contributed by atoms with Crippen molar-refractivity contribution >= 4 is 5.91 Å². The van der Waals surface area contributed by atoms with E-state index in [1.165, 1.54) is 25.7 Å². The largest absolute Gasteiger partial charge is 0.342 e. The second-order valence-corrected chi connectivity index (χ2v) is 4.72. The highest BCUT2D eigenvalue weighted by Crippen LogP contribution is 2.33. The lowest BCUT2D eigenvalue weighted by molar-refractivity contribution is -0.131. The monoisotopic (exact) mass is 196 g/mol. The maximum atomic E-state index is 11.7. The molecule has 3 nitrogen and oxygen atoms in total. The lowest BCUT2D eigenvalue weighted by atomic mass is 10.2. The van der Waals surface area contributed by atoms with E-state index in [0.29, 0.717) is 13.0 Å². The third-order valence-electron chi connectivity index (χ3n) is 3.06. The number of hydrogen-bond donors (Lipinski definition) is 1. The van der Waals surface area contributed by atoms with Gasteiger partial charge in [-0.2, -0.15) is 0 Å². The van der Waals surface area contributed by atoms with E-state index < -0.39 is 0 Å². The first-order chi connectivity index (χ1) is 6.79. The fourth-order valence-electron chi connectivity index (χ4n) is 1.78. The van der Waals surface area contributed by atoms with Gasteiger partial charge in [0.1, 0.15) is 0 Å². The summed E-state index contributed by atoms with van der Waals surface area (Å²) < 4.78 is 0. The molecular weight excluding hydrogens is 176 g/mol. The van der Waals surface area contributed by atoms with Crippen LogP contribution in [-0.2, 0) is 4.79 Å². The summed E-state index contributed by atoms with van der Waals surface area (Å²) in [4.78, 5) is 13.8. The Morgan fingerprint density at radius 2 is 1.64 bits per heavy atom. The van der Waals surface area contributed by atoms with Crippen molar-refractivity contribution in [3.05, 3.63) is 0 Å². The summed E-state index contributed by atoms with van der Waals surface area (Å²) in [6.45, 7) is 2.48. The number of carbonyl (C=O) groups excluding carboxylic acids is 1. The van der Waals surface area contributed by atoms with Gasteiger partial charge in [-0.25, -0.2) is 0 Å². The Hall–Kier alpha value is -0.570. The molecule has 2 rings (SSSR count). The molecule has 2 fully saturated rings. The van der Waals surface area contributed by atoms with Crippen molar-refractivity contribution < 1.29 is 4.79 Å². The van der Waals surface area contributed by atoms with Crippen molar-refractivity contribution in [2.24, 2.45) is 17.6 Å². The van der Waals surface area contributed by atoms with Crippen molar-refractivity contribution in [3.8, 4) is 0 Å². The fraction of sp³-hybridized carbons (Fsp3) is 0.909. The van der Waals surface area contributed by atoms with Gasteiger partial charge in [0.05, 0.1) is 0 Å². The smallest absolute Gasteiger partial charge is 0.223 e. The van der Waals surface area contributed by atoms with Crippen LogP contribution in [0.25, 0.3) is 0 Å². The fourth-order valence-corrected chi connectivity index (χ4v) is 1.78. The first-order valence-electron chi connectivity index (χ1n) is 5.77. The van der Waals surface area contributed by atoms with E-state index >= 15 is 0 Å². The summed E-state index contributed by atoms with van der Waals surface area (Å²) in [7, 11) is 0. The Bertz CT molecular complexity index is 195. The SMILES string of the molecule is NCCC(=O)N(CC1CC1)CC1CC1. The Morgan fingerprint density at radius 3 is 2.00 bits per heavy atom. The van der Waals surface area contributed by atoms with Crippen LogP contribution in [0.1, 0.15) is 32.1 Å². The van der Waals surface area contributed by atoms with Crippen LogP contribution in [0.15, 0.2) is 0 Å². The van der Waals surface area contributed by atoms with Gasteiger partial charge >= 0.3 is 0 Å². The van der Waals surface area contributed by atoms with Crippen molar-refractivity contribution in [2.45, 2.75) is 32.1 Å². The normalized spacial score (nSPS) is 20.9. The molecule has 2 aliphatic carbocycles. The number of hydrogen-bond acceptors (Lipinski definition) is 2. The zero-order valence-electron chi connectivity index (χ0n) is 8.74. The third kappa shape index (κ3) is 2.98. The van der Waals surface area contributed by atoms with Gasteiger partial charge in [0.25, 0.3) is 0 Å². The van der Waals surface area contributed by atoms with Crippen molar-refractivity contribution in [2.75, 3.05) is 19.6 Å². The predicted molar refractivity (Wildman–Crippen MR) is 55.7 cm³/mol. The average Bonchev–Trinajstić information content (AvgIpc) is 2.97.